The summed E-state index contributed by atoms with van der Waals surface area (Å²) in [6, 6.07) is 23.6. The molecule has 1 N–H and O–H groups in total. The van der Waals surface area contributed by atoms with E-state index in [0.29, 0.717) is 5.56 Å². The summed E-state index contributed by atoms with van der Waals surface area (Å²) in [4.78, 5) is 25.5. The number of nitrogens with zero attached hydrogens (tertiary/aromatic N) is 2. The van der Waals surface area contributed by atoms with Crippen LogP contribution < -0.4 is 10.2 Å². The summed E-state index contributed by atoms with van der Waals surface area (Å²) in [5, 5.41) is 14.3. The molecule has 0 saturated heterocycles. The van der Waals surface area contributed by atoms with Gasteiger partial charge < -0.3 is 10.2 Å². The lowest BCUT2D eigenvalue weighted by atomic mass is 9.90. The van der Waals surface area contributed by atoms with Crippen molar-refractivity contribution in [1.82, 2.24) is 0 Å². The molecule has 1 amide bonds. The molecule has 2 atom stereocenters. The number of carbonyl (C=O) groups excluding carboxylic acids is 1. The second kappa shape index (κ2) is 7.75. The maximum atomic E-state index is 13.2. The van der Waals surface area contributed by atoms with Crippen LogP contribution in [0.5, 0.6) is 0 Å². The molecule has 0 saturated carbocycles. The summed E-state index contributed by atoms with van der Waals surface area (Å²) < 4.78 is 0. The van der Waals surface area contributed by atoms with Crippen LogP contribution in [0.25, 0.3) is 0 Å². The number of rotatable bonds is 4. The van der Waals surface area contributed by atoms with Gasteiger partial charge in [0.05, 0.1) is 11.0 Å². The number of benzene rings is 3. The predicted octanol–water partition coefficient (Wildman–Crippen LogP) is 5.19. The Bertz CT molecular complexity index is 1030. The minimum atomic E-state index is -0.408. The maximum Gasteiger partial charge on any atom is 0.269 e. The van der Waals surface area contributed by atoms with Crippen molar-refractivity contribution in [2.24, 2.45) is 0 Å². The first kappa shape index (κ1) is 18.7. The van der Waals surface area contributed by atoms with Crippen LogP contribution in [-0.2, 0) is 0 Å². The molecule has 0 aliphatic carbocycles. The van der Waals surface area contributed by atoms with Gasteiger partial charge in [0.15, 0.2) is 0 Å². The summed E-state index contributed by atoms with van der Waals surface area (Å²) in [6.45, 7) is 2.04. The molecule has 0 bridgehead atoms. The number of nitro benzene ring substituents is 1. The van der Waals surface area contributed by atoms with Gasteiger partial charge >= 0.3 is 0 Å². The van der Waals surface area contributed by atoms with Crippen LogP contribution in [-0.4, -0.2) is 16.9 Å². The molecule has 0 unspecified atom stereocenters. The summed E-state index contributed by atoms with van der Waals surface area (Å²) in [5.74, 6) is -0.0145. The SMILES string of the molecule is C[C@H]1C[C@H](Nc2ccc([N+](=O)[O-])cc2)c2ccccc2N1C(=O)c1ccccc1. The molecular weight excluding hydrogens is 366 g/mol. The highest BCUT2D eigenvalue weighted by molar-refractivity contribution is 6.07. The first-order chi connectivity index (χ1) is 14.0. The number of hydrogen-bond acceptors (Lipinski definition) is 4. The number of anilines is 2. The van der Waals surface area contributed by atoms with Crippen molar-refractivity contribution in [3.63, 3.8) is 0 Å². The monoisotopic (exact) mass is 387 g/mol. The Morgan fingerprint density at radius 3 is 2.34 bits per heavy atom. The van der Waals surface area contributed by atoms with E-state index in [0.717, 1.165) is 23.4 Å². The number of nitrogens with one attached hydrogen (secondary N) is 1. The zero-order valence-corrected chi connectivity index (χ0v) is 16.0. The van der Waals surface area contributed by atoms with E-state index in [1.165, 1.54) is 12.1 Å². The van der Waals surface area contributed by atoms with Gasteiger partial charge in [-0.3, -0.25) is 14.9 Å². The molecule has 6 nitrogen and oxygen atoms in total. The van der Waals surface area contributed by atoms with Crippen LogP contribution in [0.4, 0.5) is 17.1 Å². The molecule has 29 heavy (non-hydrogen) atoms. The van der Waals surface area contributed by atoms with Gasteiger partial charge in [-0.05, 0) is 49.2 Å². The Balaban J connectivity index is 1.64. The second-order valence-corrected chi connectivity index (χ2v) is 7.19. The van der Waals surface area contributed by atoms with E-state index < -0.39 is 4.92 Å². The van der Waals surface area contributed by atoms with Gasteiger partial charge in [0.2, 0.25) is 0 Å². The molecule has 1 aliphatic rings. The van der Waals surface area contributed by atoms with Gasteiger partial charge in [-0.1, -0.05) is 36.4 Å². The standard InChI is InChI=1S/C23H21N3O3/c1-16-15-21(24-18-11-13-19(14-12-18)26(28)29)20-9-5-6-10-22(20)25(16)23(27)17-7-3-2-4-8-17/h2-14,16,21,24H,15H2,1H3/t16-,21-/m0/s1. The normalized spacial score (nSPS) is 18.0. The lowest BCUT2D eigenvalue weighted by Gasteiger charge is -2.40. The van der Waals surface area contributed by atoms with Crippen LogP contribution >= 0.6 is 0 Å². The molecule has 3 aromatic carbocycles. The van der Waals surface area contributed by atoms with Gasteiger partial charge in [0.25, 0.3) is 11.6 Å². The molecule has 4 rings (SSSR count). The van der Waals surface area contributed by atoms with Crippen molar-refractivity contribution in [2.45, 2.75) is 25.4 Å². The Kier molecular flexibility index (Phi) is 4.99. The Hall–Kier alpha value is -3.67. The highest BCUT2D eigenvalue weighted by Crippen LogP contribution is 2.39. The third kappa shape index (κ3) is 3.69. The average Bonchev–Trinajstić information content (AvgIpc) is 2.74. The molecule has 0 radical (unpaired) electrons. The highest BCUT2D eigenvalue weighted by atomic mass is 16.6. The van der Waals surface area contributed by atoms with E-state index >= 15 is 0 Å². The van der Waals surface area contributed by atoms with Crippen molar-refractivity contribution in [3.8, 4) is 0 Å². The van der Waals surface area contributed by atoms with Gasteiger partial charge in [0.1, 0.15) is 0 Å². The van der Waals surface area contributed by atoms with Gasteiger partial charge in [-0.15, -0.1) is 0 Å². The van der Waals surface area contributed by atoms with Gasteiger partial charge in [0, 0.05) is 35.1 Å². The zero-order valence-electron chi connectivity index (χ0n) is 16.0. The van der Waals surface area contributed by atoms with Crippen LogP contribution in [0.3, 0.4) is 0 Å². The summed E-state index contributed by atoms with van der Waals surface area (Å²) >= 11 is 0. The smallest absolute Gasteiger partial charge is 0.269 e. The Morgan fingerprint density at radius 1 is 1.00 bits per heavy atom. The molecule has 3 aromatic rings. The summed E-state index contributed by atoms with van der Waals surface area (Å²) in [6.07, 6.45) is 0.729. The minimum absolute atomic E-state index is 0.00230. The fourth-order valence-corrected chi connectivity index (χ4v) is 3.86. The Labute approximate surface area is 168 Å². The van der Waals surface area contributed by atoms with E-state index in [1.54, 1.807) is 12.1 Å². The minimum Gasteiger partial charge on any atom is -0.378 e. The van der Waals surface area contributed by atoms with Crippen molar-refractivity contribution in [1.29, 1.82) is 0 Å². The zero-order chi connectivity index (χ0) is 20.4. The van der Waals surface area contributed by atoms with Gasteiger partial charge in [-0.2, -0.15) is 0 Å². The first-order valence-electron chi connectivity index (χ1n) is 9.53. The molecule has 0 fully saturated rings. The van der Waals surface area contributed by atoms with Gasteiger partial charge in [-0.25, -0.2) is 0 Å². The van der Waals surface area contributed by atoms with Crippen LogP contribution in [0.2, 0.25) is 0 Å². The molecule has 146 valence electrons. The first-order valence-corrected chi connectivity index (χ1v) is 9.53. The number of nitro groups is 1. The van der Waals surface area contributed by atoms with Crippen molar-refractivity contribution in [2.75, 3.05) is 10.2 Å². The number of carbonyl (C=O) groups is 1. The van der Waals surface area contributed by atoms with Crippen LogP contribution in [0.1, 0.15) is 35.3 Å². The van der Waals surface area contributed by atoms with E-state index in [9.17, 15) is 14.9 Å². The fraction of sp³-hybridized carbons (Fsp3) is 0.174. The largest absolute Gasteiger partial charge is 0.378 e. The van der Waals surface area contributed by atoms with Crippen LogP contribution in [0, 0.1) is 10.1 Å². The lowest BCUT2D eigenvalue weighted by molar-refractivity contribution is -0.384. The lowest BCUT2D eigenvalue weighted by Crippen LogP contribution is -2.44. The number of para-hydroxylation sites is 1. The molecule has 0 aromatic heterocycles. The van der Waals surface area contributed by atoms with Crippen LogP contribution in [0.15, 0.2) is 78.9 Å². The second-order valence-electron chi connectivity index (χ2n) is 7.19. The number of non-ortho nitro benzene ring substituents is 1. The summed E-state index contributed by atoms with van der Waals surface area (Å²) in [7, 11) is 0. The van der Waals surface area contributed by atoms with E-state index in [-0.39, 0.29) is 23.7 Å². The van der Waals surface area contributed by atoms with E-state index in [4.69, 9.17) is 0 Å². The van der Waals surface area contributed by atoms with Crippen molar-refractivity contribution < 1.29 is 9.72 Å². The summed E-state index contributed by atoms with van der Waals surface area (Å²) in [5.41, 5.74) is 3.46. The third-order valence-electron chi connectivity index (χ3n) is 5.25. The predicted molar refractivity (Wildman–Crippen MR) is 113 cm³/mol. The molecule has 0 spiro atoms. The fourth-order valence-electron chi connectivity index (χ4n) is 3.86. The Morgan fingerprint density at radius 2 is 1.66 bits per heavy atom. The quantitative estimate of drug-likeness (QED) is 0.494. The molecule has 6 heteroatoms. The molecule has 1 aliphatic heterocycles. The van der Waals surface area contributed by atoms with Crippen molar-refractivity contribution in [3.05, 3.63) is 100 Å². The topological polar surface area (TPSA) is 75.5 Å². The van der Waals surface area contributed by atoms with E-state index in [2.05, 4.69) is 5.32 Å². The third-order valence-corrected chi connectivity index (χ3v) is 5.25. The highest BCUT2D eigenvalue weighted by Gasteiger charge is 2.34. The average molecular weight is 387 g/mol. The maximum absolute atomic E-state index is 13.2. The van der Waals surface area contributed by atoms with E-state index in [1.807, 2.05) is 66.4 Å². The number of fused-ring (bicyclic) bond motifs is 1. The number of amides is 1. The molecular formula is C23H21N3O3. The number of hydrogen-bond donors (Lipinski definition) is 1. The molecule has 1 heterocycles. The van der Waals surface area contributed by atoms with Crippen molar-refractivity contribution >= 4 is 23.0 Å².